The van der Waals surface area contributed by atoms with Crippen LogP contribution in [0.5, 0.6) is 5.75 Å². The highest BCUT2D eigenvalue weighted by molar-refractivity contribution is 7.90. The number of hydrogen-bond acceptors (Lipinski definition) is 7. The molecule has 9 nitrogen and oxygen atoms in total. The zero-order valence-electron chi connectivity index (χ0n) is 20.7. The molecule has 1 fully saturated rings. The van der Waals surface area contributed by atoms with E-state index < -0.39 is 27.4 Å². The predicted molar refractivity (Wildman–Crippen MR) is 130 cm³/mol. The van der Waals surface area contributed by atoms with Gasteiger partial charge in [-0.1, -0.05) is 12.1 Å². The van der Waals surface area contributed by atoms with Crippen molar-refractivity contribution >= 4 is 33.4 Å². The Hall–Kier alpha value is -3.40. The fourth-order valence-corrected chi connectivity index (χ4v) is 4.48. The summed E-state index contributed by atoms with van der Waals surface area (Å²) in [4.78, 5) is 40.5. The number of carbonyl (C=O) groups excluding carboxylic acids is 3. The van der Waals surface area contributed by atoms with Crippen LogP contribution in [0.2, 0.25) is 0 Å². The molecule has 1 saturated heterocycles. The average Bonchev–Trinajstić information content (AvgIpc) is 3.04. The summed E-state index contributed by atoms with van der Waals surface area (Å²) in [6.07, 6.45) is 1.10. The van der Waals surface area contributed by atoms with Crippen LogP contribution in [0.3, 0.4) is 0 Å². The van der Waals surface area contributed by atoms with E-state index in [1.807, 2.05) is 26.0 Å². The van der Waals surface area contributed by atoms with Crippen LogP contribution in [0.25, 0.3) is 0 Å². The quantitative estimate of drug-likeness (QED) is 0.402. The Labute approximate surface area is 205 Å². The fourth-order valence-electron chi connectivity index (χ4n) is 3.85. The zero-order valence-corrected chi connectivity index (χ0v) is 21.6. The van der Waals surface area contributed by atoms with Gasteiger partial charge in [-0.05, 0) is 75.6 Å². The molecule has 1 aliphatic rings. The molecule has 188 valence electrons. The molecule has 2 aromatic rings. The maximum Gasteiger partial charge on any atom is 0.349 e. The Balaban J connectivity index is 1.78. The summed E-state index contributed by atoms with van der Waals surface area (Å²) in [5.41, 5.74) is 1.50. The van der Waals surface area contributed by atoms with Gasteiger partial charge in [-0.3, -0.25) is 14.6 Å². The summed E-state index contributed by atoms with van der Waals surface area (Å²) in [5, 5.41) is 0. The lowest BCUT2D eigenvalue weighted by molar-refractivity contribution is -0.158. The molecule has 0 saturated carbocycles. The van der Waals surface area contributed by atoms with Gasteiger partial charge in [-0.15, -0.1) is 0 Å². The SMILES string of the molecule is CCOC(=O)C(C)(C)Oc1c(C)cc(CN2C(=O)CN(c3ccc(S(C)(=O)=O)cc3)C2=O)cc1C. The number of urea groups is 1. The van der Waals surface area contributed by atoms with Crippen molar-refractivity contribution in [3.63, 3.8) is 0 Å². The first-order valence-corrected chi connectivity index (χ1v) is 13.0. The first-order valence-electron chi connectivity index (χ1n) is 11.1. The minimum Gasteiger partial charge on any atom is -0.476 e. The molecule has 0 aromatic heterocycles. The Kier molecular flexibility index (Phi) is 7.26. The molecule has 0 atom stereocenters. The van der Waals surface area contributed by atoms with Gasteiger partial charge in [0.1, 0.15) is 12.3 Å². The van der Waals surface area contributed by atoms with Crippen molar-refractivity contribution in [2.24, 2.45) is 0 Å². The van der Waals surface area contributed by atoms with Crippen molar-refractivity contribution in [3.05, 3.63) is 53.1 Å². The third-order valence-electron chi connectivity index (χ3n) is 5.62. The summed E-state index contributed by atoms with van der Waals surface area (Å²) in [7, 11) is -3.37. The fraction of sp³-hybridized carbons (Fsp3) is 0.400. The number of sulfone groups is 1. The Morgan fingerprint density at radius 1 is 1.06 bits per heavy atom. The number of anilines is 1. The van der Waals surface area contributed by atoms with Gasteiger partial charge in [-0.2, -0.15) is 0 Å². The Morgan fingerprint density at radius 2 is 1.63 bits per heavy atom. The van der Waals surface area contributed by atoms with Crippen LogP contribution in [0.4, 0.5) is 10.5 Å². The van der Waals surface area contributed by atoms with Crippen molar-refractivity contribution < 1.29 is 32.3 Å². The normalized spacial score (nSPS) is 14.5. The zero-order chi connectivity index (χ0) is 26.1. The van der Waals surface area contributed by atoms with Crippen LogP contribution in [-0.4, -0.2) is 56.2 Å². The lowest BCUT2D eigenvalue weighted by Crippen LogP contribution is -2.40. The molecule has 0 aliphatic carbocycles. The molecule has 2 aromatic carbocycles. The Morgan fingerprint density at radius 3 is 2.14 bits per heavy atom. The van der Waals surface area contributed by atoms with Crippen molar-refractivity contribution in [2.75, 3.05) is 24.3 Å². The van der Waals surface area contributed by atoms with E-state index in [4.69, 9.17) is 9.47 Å². The van der Waals surface area contributed by atoms with E-state index in [0.717, 1.165) is 27.8 Å². The van der Waals surface area contributed by atoms with Gasteiger partial charge >= 0.3 is 12.0 Å². The van der Waals surface area contributed by atoms with E-state index >= 15 is 0 Å². The van der Waals surface area contributed by atoms with Crippen molar-refractivity contribution in [2.45, 2.75) is 51.7 Å². The minimum absolute atomic E-state index is 0.0683. The third-order valence-corrected chi connectivity index (χ3v) is 6.75. The second-order valence-corrected chi connectivity index (χ2v) is 11.0. The number of benzene rings is 2. The number of imide groups is 1. The van der Waals surface area contributed by atoms with Crippen LogP contribution in [0, 0.1) is 13.8 Å². The van der Waals surface area contributed by atoms with Crippen LogP contribution >= 0.6 is 0 Å². The van der Waals surface area contributed by atoms with E-state index in [1.165, 1.54) is 29.2 Å². The minimum atomic E-state index is -3.37. The molecule has 0 unspecified atom stereocenters. The van der Waals surface area contributed by atoms with E-state index in [-0.39, 0.29) is 30.5 Å². The van der Waals surface area contributed by atoms with E-state index in [2.05, 4.69) is 0 Å². The van der Waals surface area contributed by atoms with Gasteiger partial charge in [0.2, 0.25) is 0 Å². The lowest BCUT2D eigenvalue weighted by atomic mass is 10.0. The molecule has 0 spiro atoms. The molecular formula is C25H30N2O7S. The summed E-state index contributed by atoms with van der Waals surface area (Å²) >= 11 is 0. The first-order chi connectivity index (χ1) is 16.2. The first kappa shape index (κ1) is 26.2. The summed E-state index contributed by atoms with van der Waals surface area (Å²) in [6, 6.07) is 8.98. The maximum absolute atomic E-state index is 13.0. The topological polar surface area (TPSA) is 110 Å². The highest BCUT2D eigenvalue weighted by Gasteiger charge is 2.37. The van der Waals surface area contributed by atoms with Crippen molar-refractivity contribution in [3.8, 4) is 5.75 Å². The number of esters is 1. The molecule has 1 aliphatic heterocycles. The molecule has 3 rings (SSSR count). The van der Waals surface area contributed by atoms with Gasteiger partial charge in [0, 0.05) is 11.9 Å². The van der Waals surface area contributed by atoms with Crippen LogP contribution in [0.15, 0.2) is 41.3 Å². The molecule has 0 radical (unpaired) electrons. The Bertz CT molecular complexity index is 1240. The molecule has 1 heterocycles. The number of rotatable bonds is 8. The monoisotopic (exact) mass is 502 g/mol. The van der Waals surface area contributed by atoms with E-state index in [0.29, 0.717) is 11.4 Å². The van der Waals surface area contributed by atoms with Gasteiger partial charge < -0.3 is 9.47 Å². The molecular weight excluding hydrogens is 472 g/mol. The summed E-state index contributed by atoms with van der Waals surface area (Å²) in [6.45, 7) is 8.84. The second-order valence-electron chi connectivity index (χ2n) is 9.01. The number of amides is 3. The van der Waals surface area contributed by atoms with Crippen LogP contribution < -0.4 is 9.64 Å². The number of aryl methyl sites for hydroxylation is 2. The van der Waals surface area contributed by atoms with Gasteiger partial charge in [0.05, 0.1) is 18.0 Å². The smallest absolute Gasteiger partial charge is 0.349 e. The molecule has 10 heteroatoms. The van der Waals surface area contributed by atoms with E-state index in [9.17, 15) is 22.8 Å². The third kappa shape index (κ3) is 5.64. The van der Waals surface area contributed by atoms with Gasteiger partial charge in [-0.25, -0.2) is 18.0 Å². The molecule has 0 bridgehead atoms. The molecule has 35 heavy (non-hydrogen) atoms. The summed E-state index contributed by atoms with van der Waals surface area (Å²) in [5.74, 6) is -0.291. The predicted octanol–water partition coefficient (Wildman–Crippen LogP) is 3.40. The van der Waals surface area contributed by atoms with Gasteiger partial charge in [0.15, 0.2) is 15.4 Å². The largest absolute Gasteiger partial charge is 0.476 e. The maximum atomic E-state index is 13.0. The van der Waals surface area contributed by atoms with Crippen LogP contribution in [0.1, 0.15) is 37.5 Å². The average molecular weight is 503 g/mol. The highest BCUT2D eigenvalue weighted by Crippen LogP contribution is 2.31. The summed E-state index contributed by atoms with van der Waals surface area (Å²) < 4.78 is 34.4. The lowest BCUT2D eigenvalue weighted by Gasteiger charge is -2.26. The number of nitrogens with zero attached hydrogens (tertiary/aromatic N) is 2. The highest BCUT2D eigenvalue weighted by atomic mass is 32.2. The molecule has 3 amide bonds. The van der Waals surface area contributed by atoms with Crippen LogP contribution in [-0.2, 0) is 30.7 Å². The van der Waals surface area contributed by atoms with Crippen molar-refractivity contribution in [1.29, 1.82) is 0 Å². The number of carbonyl (C=O) groups is 3. The standard InChI is InChI=1S/C25H30N2O7S/c1-7-33-23(29)25(4,5)34-22-16(2)12-18(13-17(22)3)14-27-21(28)15-26(24(27)30)19-8-10-20(11-9-19)35(6,31)32/h8-13H,7,14-15H2,1-6H3. The van der Waals surface area contributed by atoms with Crippen molar-refractivity contribution in [1.82, 2.24) is 4.90 Å². The van der Waals surface area contributed by atoms with E-state index in [1.54, 1.807) is 20.8 Å². The van der Waals surface area contributed by atoms with Gasteiger partial charge in [0.25, 0.3) is 5.91 Å². The number of hydrogen-bond donors (Lipinski definition) is 0. The number of ether oxygens (including phenoxy) is 2. The second kappa shape index (κ2) is 9.69. The molecule has 0 N–H and O–H groups in total.